The van der Waals surface area contributed by atoms with Gasteiger partial charge in [0, 0.05) is 19.3 Å². The van der Waals surface area contributed by atoms with Crippen LogP contribution < -0.4 is 0 Å². The third kappa shape index (κ3) is 3.40. The van der Waals surface area contributed by atoms with Gasteiger partial charge in [0.05, 0.1) is 0 Å². The van der Waals surface area contributed by atoms with Crippen LogP contribution in [0.25, 0.3) is 0 Å². The van der Waals surface area contributed by atoms with E-state index in [-0.39, 0.29) is 5.41 Å². The molecule has 1 rings (SSSR count). The summed E-state index contributed by atoms with van der Waals surface area (Å²) in [5, 5.41) is 0. The summed E-state index contributed by atoms with van der Waals surface area (Å²) in [5.41, 5.74) is 3.31. The molecule has 0 unspecified atom stereocenters. The number of likely N-dealkylation sites (tertiary alicyclic amines) is 1. The molecular formula is C15H27N. The number of piperidine rings is 1. The molecule has 0 radical (unpaired) electrons. The van der Waals surface area contributed by atoms with E-state index in [1.807, 2.05) is 0 Å². The minimum absolute atomic E-state index is 0.181. The first-order valence-corrected chi connectivity index (χ1v) is 6.23. The van der Waals surface area contributed by atoms with E-state index in [0.29, 0.717) is 5.41 Å². The summed E-state index contributed by atoms with van der Waals surface area (Å²) in [4.78, 5) is 2.39. The molecule has 0 aromatic heterocycles. The van der Waals surface area contributed by atoms with Crippen molar-refractivity contribution < 1.29 is 0 Å². The molecular weight excluding hydrogens is 194 g/mol. The van der Waals surface area contributed by atoms with E-state index in [9.17, 15) is 0 Å². The van der Waals surface area contributed by atoms with Crippen molar-refractivity contribution in [3.8, 4) is 0 Å². The largest absolute Gasteiger partial charge is 0.377 e. The van der Waals surface area contributed by atoms with E-state index in [1.165, 1.54) is 24.1 Å². The molecule has 0 N–H and O–H groups in total. The summed E-state index contributed by atoms with van der Waals surface area (Å²) >= 11 is 0. The minimum atomic E-state index is 0.181. The highest BCUT2D eigenvalue weighted by molar-refractivity contribution is 5.26. The number of hydrogen-bond acceptors (Lipinski definition) is 1. The lowest BCUT2D eigenvalue weighted by atomic mass is 9.81. The zero-order chi connectivity index (χ0) is 12.6. The second-order valence-electron chi connectivity index (χ2n) is 6.93. The van der Waals surface area contributed by atoms with Crippen molar-refractivity contribution in [2.75, 3.05) is 13.6 Å². The monoisotopic (exact) mass is 221 g/mol. The fraction of sp³-hybridized carbons (Fsp3) is 0.733. The Morgan fingerprint density at radius 1 is 1.38 bits per heavy atom. The summed E-state index contributed by atoms with van der Waals surface area (Å²) in [6.45, 7) is 16.7. The van der Waals surface area contributed by atoms with Gasteiger partial charge >= 0.3 is 0 Å². The predicted octanol–water partition coefficient (Wildman–Crippen LogP) is 4.22. The van der Waals surface area contributed by atoms with Crippen LogP contribution >= 0.6 is 0 Å². The molecule has 1 heterocycles. The van der Waals surface area contributed by atoms with Crippen molar-refractivity contribution in [2.45, 2.75) is 47.5 Å². The first-order valence-electron chi connectivity index (χ1n) is 6.23. The van der Waals surface area contributed by atoms with Crippen LogP contribution in [0, 0.1) is 10.8 Å². The number of rotatable bonds is 1. The highest BCUT2D eigenvalue weighted by Gasteiger charge is 2.27. The molecule has 1 fully saturated rings. The standard InChI is InChI=1S/C15H27N/c1-12(14(2,3)4)10-13-8-9-15(5,6)11-16(13)7/h10H,1,8-9,11H2,2-7H3/b13-10-. The molecule has 1 nitrogen and oxygen atoms in total. The van der Waals surface area contributed by atoms with Crippen LogP contribution in [0.2, 0.25) is 0 Å². The van der Waals surface area contributed by atoms with Crippen molar-refractivity contribution in [2.24, 2.45) is 10.8 Å². The third-order valence-corrected chi connectivity index (χ3v) is 3.52. The van der Waals surface area contributed by atoms with Crippen molar-refractivity contribution in [3.05, 3.63) is 23.9 Å². The van der Waals surface area contributed by atoms with E-state index in [4.69, 9.17) is 0 Å². The summed E-state index contributed by atoms with van der Waals surface area (Å²) in [6.07, 6.45) is 4.74. The maximum atomic E-state index is 4.19. The van der Waals surface area contributed by atoms with E-state index >= 15 is 0 Å². The van der Waals surface area contributed by atoms with E-state index < -0.39 is 0 Å². The van der Waals surface area contributed by atoms with Crippen LogP contribution in [0.1, 0.15) is 47.5 Å². The fourth-order valence-corrected chi connectivity index (χ4v) is 2.08. The Morgan fingerprint density at radius 3 is 2.38 bits per heavy atom. The summed E-state index contributed by atoms with van der Waals surface area (Å²) in [6, 6.07) is 0. The molecule has 0 spiro atoms. The SMILES string of the molecule is C=C(/C=C1/CCC(C)(C)CN1C)C(C)(C)C. The molecule has 0 aliphatic carbocycles. The second-order valence-corrected chi connectivity index (χ2v) is 6.93. The van der Waals surface area contributed by atoms with Gasteiger partial charge < -0.3 is 4.90 Å². The van der Waals surface area contributed by atoms with Crippen LogP contribution in [0.3, 0.4) is 0 Å². The molecule has 1 aliphatic heterocycles. The van der Waals surface area contributed by atoms with Crippen LogP contribution in [0.15, 0.2) is 23.9 Å². The van der Waals surface area contributed by atoms with Gasteiger partial charge in [-0.2, -0.15) is 0 Å². The van der Waals surface area contributed by atoms with Gasteiger partial charge in [-0.1, -0.05) is 41.2 Å². The van der Waals surface area contributed by atoms with Gasteiger partial charge in [0.25, 0.3) is 0 Å². The maximum absolute atomic E-state index is 4.19. The zero-order valence-electron chi connectivity index (χ0n) is 11.9. The Bertz CT molecular complexity index is 302. The highest BCUT2D eigenvalue weighted by Crippen LogP contribution is 2.35. The summed E-state index contributed by atoms with van der Waals surface area (Å²) < 4.78 is 0. The summed E-state index contributed by atoms with van der Waals surface area (Å²) in [5.74, 6) is 0. The molecule has 0 atom stereocenters. The first-order chi connectivity index (χ1) is 7.12. The molecule has 1 saturated heterocycles. The van der Waals surface area contributed by atoms with Crippen molar-refractivity contribution in [3.63, 3.8) is 0 Å². The van der Waals surface area contributed by atoms with E-state index in [1.54, 1.807) is 0 Å². The lowest BCUT2D eigenvalue weighted by Crippen LogP contribution is -2.36. The zero-order valence-corrected chi connectivity index (χ0v) is 11.9. The van der Waals surface area contributed by atoms with Gasteiger partial charge in [-0.15, -0.1) is 0 Å². The van der Waals surface area contributed by atoms with Crippen LogP contribution in [-0.4, -0.2) is 18.5 Å². The van der Waals surface area contributed by atoms with Gasteiger partial charge in [-0.3, -0.25) is 0 Å². The van der Waals surface area contributed by atoms with Gasteiger partial charge in [0.15, 0.2) is 0 Å². The van der Waals surface area contributed by atoms with Gasteiger partial charge in [0.1, 0.15) is 0 Å². The normalized spacial score (nSPS) is 23.6. The number of hydrogen-bond donors (Lipinski definition) is 0. The van der Waals surface area contributed by atoms with Crippen LogP contribution in [0.5, 0.6) is 0 Å². The van der Waals surface area contributed by atoms with Crippen molar-refractivity contribution in [1.29, 1.82) is 0 Å². The molecule has 16 heavy (non-hydrogen) atoms. The average molecular weight is 221 g/mol. The maximum Gasteiger partial charge on any atom is 0.0223 e. The topological polar surface area (TPSA) is 3.24 Å². The quantitative estimate of drug-likeness (QED) is 0.640. The van der Waals surface area contributed by atoms with E-state index in [0.717, 1.165) is 6.54 Å². The second kappa shape index (κ2) is 4.27. The molecule has 0 bridgehead atoms. The molecule has 92 valence electrons. The average Bonchev–Trinajstić information content (AvgIpc) is 2.07. The lowest BCUT2D eigenvalue weighted by molar-refractivity contribution is 0.183. The first kappa shape index (κ1) is 13.3. The number of allylic oxidation sites excluding steroid dienone is 3. The van der Waals surface area contributed by atoms with E-state index in [2.05, 4.69) is 59.2 Å². The molecule has 1 aliphatic rings. The van der Waals surface area contributed by atoms with Gasteiger partial charge in [-0.05, 0) is 35.3 Å². The summed E-state index contributed by atoms with van der Waals surface area (Å²) in [7, 11) is 2.20. The van der Waals surface area contributed by atoms with Gasteiger partial charge in [-0.25, -0.2) is 0 Å². The van der Waals surface area contributed by atoms with Crippen LogP contribution in [0.4, 0.5) is 0 Å². The van der Waals surface area contributed by atoms with Gasteiger partial charge in [0.2, 0.25) is 0 Å². The van der Waals surface area contributed by atoms with Crippen molar-refractivity contribution in [1.82, 2.24) is 4.90 Å². The number of nitrogens with zero attached hydrogens (tertiary/aromatic N) is 1. The predicted molar refractivity (Wildman–Crippen MR) is 72.3 cm³/mol. The molecule has 0 saturated carbocycles. The molecule has 0 aromatic rings. The Hall–Kier alpha value is -0.720. The molecule has 0 aromatic carbocycles. The molecule has 1 heteroatoms. The fourth-order valence-electron chi connectivity index (χ4n) is 2.08. The smallest absolute Gasteiger partial charge is 0.0223 e. The Kier molecular flexibility index (Phi) is 3.56. The van der Waals surface area contributed by atoms with Crippen molar-refractivity contribution >= 4 is 0 Å². The molecule has 0 amide bonds. The highest BCUT2D eigenvalue weighted by atomic mass is 15.1. The Morgan fingerprint density at radius 2 is 1.94 bits per heavy atom. The minimum Gasteiger partial charge on any atom is -0.377 e. The lowest BCUT2D eigenvalue weighted by Gasteiger charge is -2.39. The van der Waals surface area contributed by atoms with Crippen LogP contribution in [-0.2, 0) is 0 Å². The Labute approximate surface area is 101 Å². The Balaban J connectivity index is 2.77. The third-order valence-electron chi connectivity index (χ3n) is 3.52.